The molecular formula is C10H20ClN3O2. The average Bonchev–Trinajstić information content (AvgIpc) is 2.26. The number of likely N-dealkylation sites (N-methyl/N-ethyl adjacent to an activating group) is 1. The Kier molecular flexibility index (Phi) is 6.36. The molecule has 5 nitrogen and oxygen atoms in total. The minimum atomic E-state index is -0.508. The van der Waals surface area contributed by atoms with E-state index in [0.717, 1.165) is 25.8 Å². The summed E-state index contributed by atoms with van der Waals surface area (Å²) in [6.45, 7) is 2.79. The Bertz CT molecular complexity index is 252. The second kappa shape index (κ2) is 6.70. The summed E-state index contributed by atoms with van der Waals surface area (Å²) >= 11 is 0. The van der Waals surface area contributed by atoms with Crippen LogP contribution in [0.1, 0.15) is 26.2 Å². The van der Waals surface area contributed by atoms with Crippen molar-refractivity contribution < 1.29 is 9.59 Å². The zero-order valence-electron chi connectivity index (χ0n) is 9.76. The second-order valence-electron chi connectivity index (χ2n) is 4.07. The van der Waals surface area contributed by atoms with Gasteiger partial charge in [0.05, 0.1) is 12.1 Å². The molecule has 0 aromatic rings. The van der Waals surface area contributed by atoms with Crippen molar-refractivity contribution in [3.05, 3.63) is 0 Å². The van der Waals surface area contributed by atoms with E-state index in [1.54, 1.807) is 7.05 Å². The molecule has 0 aromatic heterocycles. The highest BCUT2D eigenvalue weighted by Gasteiger charge is 2.33. The van der Waals surface area contributed by atoms with E-state index in [1.807, 2.05) is 6.92 Å². The first kappa shape index (κ1) is 15.2. The Morgan fingerprint density at radius 1 is 1.38 bits per heavy atom. The van der Waals surface area contributed by atoms with Crippen molar-refractivity contribution >= 4 is 24.2 Å². The van der Waals surface area contributed by atoms with Crippen molar-refractivity contribution in [1.29, 1.82) is 0 Å². The maximum atomic E-state index is 11.8. The summed E-state index contributed by atoms with van der Waals surface area (Å²) in [7, 11) is 1.55. The Hall–Kier alpha value is -0.810. The third kappa shape index (κ3) is 3.98. The molecule has 1 atom stereocenters. The molecular weight excluding hydrogens is 230 g/mol. The Balaban J connectivity index is 0.00000225. The molecule has 0 bridgehead atoms. The van der Waals surface area contributed by atoms with Gasteiger partial charge in [-0.1, -0.05) is 0 Å². The van der Waals surface area contributed by atoms with E-state index in [-0.39, 0.29) is 30.8 Å². The molecule has 0 aliphatic carbocycles. The van der Waals surface area contributed by atoms with Gasteiger partial charge in [0, 0.05) is 7.05 Å². The summed E-state index contributed by atoms with van der Waals surface area (Å²) in [6.07, 6.45) is 2.99. The lowest BCUT2D eigenvalue weighted by molar-refractivity contribution is -0.130. The zero-order valence-corrected chi connectivity index (χ0v) is 10.6. The van der Waals surface area contributed by atoms with E-state index >= 15 is 0 Å². The predicted octanol–water partition coefficient (Wildman–Crippen LogP) is -0.197. The quantitative estimate of drug-likeness (QED) is 0.649. The van der Waals surface area contributed by atoms with Gasteiger partial charge in [-0.15, -0.1) is 12.4 Å². The highest BCUT2D eigenvalue weighted by Crippen LogP contribution is 2.18. The molecule has 1 rings (SSSR count). The zero-order chi connectivity index (χ0) is 11.3. The van der Waals surface area contributed by atoms with Crippen LogP contribution in [0, 0.1) is 0 Å². The van der Waals surface area contributed by atoms with Gasteiger partial charge in [0.25, 0.3) is 0 Å². The number of halogens is 1. The fraction of sp³-hybridized carbons (Fsp3) is 0.800. The summed E-state index contributed by atoms with van der Waals surface area (Å²) in [4.78, 5) is 22.7. The van der Waals surface area contributed by atoms with E-state index in [0.29, 0.717) is 0 Å². The number of carbonyl (C=O) groups excluding carboxylic acids is 2. The number of hydrogen-bond donors (Lipinski definition) is 3. The van der Waals surface area contributed by atoms with E-state index in [4.69, 9.17) is 0 Å². The van der Waals surface area contributed by atoms with Crippen LogP contribution in [-0.4, -0.2) is 37.5 Å². The number of amides is 2. The van der Waals surface area contributed by atoms with Crippen LogP contribution in [0.3, 0.4) is 0 Å². The molecule has 0 aromatic carbocycles. The van der Waals surface area contributed by atoms with Crippen molar-refractivity contribution in [3.8, 4) is 0 Å². The summed E-state index contributed by atoms with van der Waals surface area (Å²) in [5.74, 6) is -0.270. The van der Waals surface area contributed by atoms with Crippen molar-refractivity contribution in [2.45, 2.75) is 31.7 Å². The standard InChI is InChI=1S/C10H19N3O2.ClH/c1-10(5-3-4-6-13-10)9(15)12-7-8(14)11-2;/h13H,3-7H2,1-2H3,(H,11,14)(H,12,15);1H. The molecule has 0 saturated carbocycles. The summed E-state index contributed by atoms with van der Waals surface area (Å²) in [6, 6.07) is 0. The third-order valence-electron chi connectivity index (χ3n) is 2.81. The van der Waals surface area contributed by atoms with Crippen LogP contribution in [0.15, 0.2) is 0 Å². The van der Waals surface area contributed by atoms with Crippen LogP contribution in [0.4, 0.5) is 0 Å². The maximum Gasteiger partial charge on any atom is 0.240 e. The lowest BCUT2D eigenvalue weighted by Crippen LogP contribution is -2.57. The SMILES string of the molecule is CNC(=O)CNC(=O)C1(C)CCCCN1.Cl. The van der Waals surface area contributed by atoms with Crippen LogP contribution < -0.4 is 16.0 Å². The molecule has 1 heterocycles. The molecule has 0 radical (unpaired) electrons. The van der Waals surface area contributed by atoms with Gasteiger partial charge >= 0.3 is 0 Å². The predicted molar refractivity (Wildman–Crippen MR) is 64.6 cm³/mol. The molecule has 6 heteroatoms. The van der Waals surface area contributed by atoms with Gasteiger partial charge in [0.2, 0.25) is 11.8 Å². The minimum absolute atomic E-state index is 0. The number of carbonyl (C=O) groups is 2. The van der Waals surface area contributed by atoms with Gasteiger partial charge < -0.3 is 16.0 Å². The highest BCUT2D eigenvalue weighted by atomic mass is 35.5. The van der Waals surface area contributed by atoms with Crippen molar-refractivity contribution in [2.24, 2.45) is 0 Å². The second-order valence-corrected chi connectivity index (χ2v) is 4.07. The van der Waals surface area contributed by atoms with Crippen molar-refractivity contribution in [1.82, 2.24) is 16.0 Å². The maximum absolute atomic E-state index is 11.8. The van der Waals surface area contributed by atoms with Crippen molar-refractivity contribution in [2.75, 3.05) is 20.1 Å². The van der Waals surface area contributed by atoms with E-state index in [1.165, 1.54) is 0 Å². The fourth-order valence-electron chi connectivity index (χ4n) is 1.69. The molecule has 1 aliphatic rings. The van der Waals surface area contributed by atoms with E-state index in [2.05, 4.69) is 16.0 Å². The summed E-state index contributed by atoms with van der Waals surface area (Å²) < 4.78 is 0. The Labute approximate surface area is 102 Å². The first-order chi connectivity index (χ1) is 7.08. The fourth-order valence-corrected chi connectivity index (χ4v) is 1.69. The van der Waals surface area contributed by atoms with Crippen LogP contribution >= 0.6 is 12.4 Å². The largest absolute Gasteiger partial charge is 0.358 e. The van der Waals surface area contributed by atoms with E-state index in [9.17, 15) is 9.59 Å². The molecule has 3 N–H and O–H groups in total. The van der Waals surface area contributed by atoms with Gasteiger partial charge in [-0.2, -0.15) is 0 Å². The number of nitrogens with one attached hydrogen (secondary N) is 3. The van der Waals surface area contributed by atoms with Crippen LogP contribution in [-0.2, 0) is 9.59 Å². The molecule has 1 aliphatic heterocycles. The van der Waals surface area contributed by atoms with Crippen LogP contribution in [0.25, 0.3) is 0 Å². The summed E-state index contributed by atoms with van der Waals surface area (Å²) in [5, 5.41) is 8.29. The highest BCUT2D eigenvalue weighted by molar-refractivity contribution is 5.90. The first-order valence-electron chi connectivity index (χ1n) is 5.32. The van der Waals surface area contributed by atoms with Crippen LogP contribution in [0.5, 0.6) is 0 Å². The number of rotatable bonds is 3. The molecule has 94 valence electrons. The lowest BCUT2D eigenvalue weighted by Gasteiger charge is -2.33. The molecule has 2 amide bonds. The first-order valence-corrected chi connectivity index (χ1v) is 5.32. The lowest BCUT2D eigenvalue weighted by atomic mass is 9.90. The van der Waals surface area contributed by atoms with Gasteiger partial charge in [-0.25, -0.2) is 0 Å². The molecule has 16 heavy (non-hydrogen) atoms. The van der Waals surface area contributed by atoms with Gasteiger partial charge in [0.15, 0.2) is 0 Å². The molecule has 1 saturated heterocycles. The molecule has 1 fully saturated rings. The van der Waals surface area contributed by atoms with Crippen molar-refractivity contribution in [3.63, 3.8) is 0 Å². The smallest absolute Gasteiger partial charge is 0.240 e. The third-order valence-corrected chi connectivity index (χ3v) is 2.81. The Morgan fingerprint density at radius 3 is 2.56 bits per heavy atom. The van der Waals surface area contributed by atoms with Crippen LogP contribution in [0.2, 0.25) is 0 Å². The molecule has 1 unspecified atom stereocenters. The number of hydrogen-bond acceptors (Lipinski definition) is 3. The average molecular weight is 250 g/mol. The normalized spacial score (nSPS) is 24.1. The molecule has 0 spiro atoms. The summed E-state index contributed by atoms with van der Waals surface area (Å²) in [5.41, 5.74) is -0.508. The topological polar surface area (TPSA) is 70.2 Å². The van der Waals surface area contributed by atoms with Gasteiger partial charge in [-0.3, -0.25) is 9.59 Å². The van der Waals surface area contributed by atoms with Gasteiger partial charge in [0.1, 0.15) is 0 Å². The number of piperidine rings is 1. The monoisotopic (exact) mass is 249 g/mol. The van der Waals surface area contributed by atoms with E-state index < -0.39 is 5.54 Å². The van der Waals surface area contributed by atoms with Gasteiger partial charge in [-0.05, 0) is 32.7 Å². The Morgan fingerprint density at radius 2 is 2.06 bits per heavy atom. The minimum Gasteiger partial charge on any atom is -0.358 e.